The van der Waals surface area contributed by atoms with Crippen molar-refractivity contribution in [3.05, 3.63) is 16.6 Å². The topological polar surface area (TPSA) is 65.8 Å². The first-order valence-electron chi connectivity index (χ1n) is 3.32. The highest BCUT2D eigenvalue weighted by Gasteiger charge is 2.09. The highest BCUT2D eigenvalue weighted by atomic mass is 32.1. The first kappa shape index (κ1) is 8.68. The zero-order valence-electron chi connectivity index (χ0n) is 6.44. The average Bonchev–Trinajstić information content (AvgIpc) is 2.56. The molecule has 0 fully saturated rings. The fourth-order valence-electron chi connectivity index (χ4n) is 0.628. The number of carbonyl (C=O) groups is 1. The summed E-state index contributed by atoms with van der Waals surface area (Å²) >= 11 is 1.35. The Labute approximate surface area is 73.9 Å². The molecule has 0 saturated carbocycles. The maximum atomic E-state index is 11.2. The standard InChI is InChI=1S/C7H7N3OS/c1-5(2-8)10-7(11)6-3-12-4-9-6/h3-5H,1H3,(H,10,11). The molecule has 1 heterocycles. The number of nitriles is 1. The molecule has 1 amide bonds. The van der Waals surface area contributed by atoms with Crippen LogP contribution < -0.4 is 5.32 Å². The number of aromatic nitrogens is 1. The summed E-state index contributed by atoms with van der Waals surface area (Å²) in [7, 11) is 0. The van der Waals surface area contributed by atoms with Crippen molar-refractivity contribution in [3.63, 3.8) is 0 Å². The van der Waals surface area contributed by atoms with Crippen molar-refractivity contribution in [2.75, 3.05) is 0 Å². The normalized spacial score (nSPS) is 11.7. The molecule has 1 aromatic rings. The largest absolute Gasteiger partial charge is 0.335 e. The molecule has 0 radical (unpaired) electrons. The molecule has 0 bridgehead atoms. The van der Waals surface area contributed by atoms with E-state index < -0.39 is 6.04 Å². The van der Waals surface area contributed by atoms with Crippen LogP contribution in [0.3, 0.4) is 0 Å². The number of hydrogen-bond donors (Lipinski definition) is 1. The molecular weight excluding hydrogens is 174 g/mol. The number of nitrogens with zero attached hydrogens (tertiary/aromatic N) is 2. The van der Waals surface area contributed by atoms with Gasteiger partial charge in [0.25, 0.3) is 5.91 Å². The molecule has 1 rings (SSSR count). The van der Waals surface area contributed by atoms with Crippen LogP contribution in [0.2, 0.25) is 0 Å². The molecule has 0 aliphatic rings. The highest BCUT2D eigenvalue weighted by molar-refractivity contribution is 7.07. The lowest BCUT2D eigenvalue weighted by atomic mass is 10.3. The zero-order chi connectivity index (χ0) is 8.97. The lowest BCUT2D eigenvalue weighted by Gasteiger charge is -2.02. The summed E-state index contributed by atoms with van der Waals surface area (Å²) < 4.78 is 0. The van der Waals surface area contributed by atoms with Gasteiger partial charge in [0.15, 0.2) is 0 Å². The Balaban J connectivity index is 2.57. The molecule has 1 atom stereocenters. The summed E-state index contributed by atoms with van der Waals surface area (Å²) in [6.07, 6.45) is 0. The zero-order valence-corrected chi connectivity index (χ0v) is 7.26. The Bertz CT molecular complexity index is 301. The summed E-state index contributed by atoms with van der Waals surface area (Å²) in [4.78, 5) is 15.0. The second-order valence-corrected chi connectivity index (χ2v) is 2.92. The van der Waals surface area contributed by atoms with E-state index in [0.717, 1.165) is 0 Å². The Morgan fingerprint density at radius 1 is 1.92 bits per heavy atom. The van der Waals surface area contributed by atoms with Gasteiger partial charge in [0.2, 0.25) is 0 Å². The first-order chi connectivity index (χ1) is 5.74. The molecule has 0 aromatic carbocycles. The van der Waals surface area contributed by atoms with Crippen LogP contribution in [0.4, 0.5) is 0 Å². The van der Waals surface area contributed by atoms with Crippen LogP contribution >= 0.6 is 11.3 Å². The molecule has 1 unspecified atom stereocenters. The molecule has 4 nitrogen and oxygen atoms in total. The van der Waals surface area contributed by atoms with E-state index in [1.807, 2.05) is 6.07 Å². The fourth-order valence-corrected chi connectivity index (χ4v) is 1.16. The van der Waals surface area contributed by atoms with Crippen molar-refractivity contribution < 1.29 is 4.79 Å². The SMILES string of the molecule is CC(C#N)NC(=O)c1cscn1. The van der Waals surface area contributed by atoms with Gasteiger partial charge < -0.3 is 5.32 Å². The van der Waals surface area contributed by atoms with Crippen LogP contribution in [0.15, 0.2) is 10.9 Å². The van der Waals surface area contributed by atoms with Gasteiger partial charge in [-0.15, -0.1) is 11.3 Å². The Kier molecular flexibility index (Phi) is 2.77. The second-order valence-electron chi connectivity index (χ2n) is 2.20. The van der Waals surface area contributed by atoms with Crippen molar-refractivity contribution in [2.24, 2.45) is 0 Å². The summed E-state index contributed by atoms with van der Waals surface area (Å²) in [6.45, 7) is 1.62. The maximum Gasteiger partial charge on any atom is 0.271 e. The molecule has 0 aliphatic carbocycles. The van der Waals surface area contributed by atoms with Gasteiger partial charge in [-0.2, -0.15) is 5.26 Å². The van der Waals surface area contributed by atoms with E-state index >= 15 is 0 Å². The predicted molar refractivity (Wildman–Crippen MR) is 44.7 cm³/mol. The van der Waals surface area contributed by atoms with Crippen LogP contribution in [-0.2, 0) is 0 Å². The lowest BCUT2D eigenvalue weighted by molar-refractivity contribution is 0.0943. The molecule has 12 heavy (non-hydrogen) atoms. The molecule has 1 aromatic heterocycles. The minimum Gasteiger partial charge on any atom is -0.335 e. The van der Waals surface area contributed by atoms with Gasteiger partial charge in [-0.25, -0.2) is 4.98 Å². The number of carbonyl (C=O) groups excluding carboxylic acids is 1. The Morgan fingerprint density at radius 3 is 3.17 bits per heavy atom. The molecule has 62 valence electrons. The van der Waals surface area contributed by atoms with E-state index in [9.17, 15) is 4.79 Å². The monoisotopic (exact) mass is 181 g/mol. The van der Waals surface area contributed by atoms with Crippen molar-refractivity contribution in [1.82, 2.24) is 10.3 Å². The number of thiazole rings is 1. The van der Waals surface area contributed by atoms with Crippen LogP contribution in [0.5, 0.6) is 0 Å². The van der Waals surface area contributed by atoms with E-state index in [0.29, 0.717) is 5.69 Å². The van der Waals surface area contributed by atoms with Crippen LogP contribution in [0.25, 0.3) is 0 Å². The predicted octanol–water partition coefficient (Wildman–Crippen LogP) is 0.785. The minimum absolute atomic E-state index is 0.301. The maximum absolute atomic E-state index is 11.2. The van der Waals surface area contributed by atoms with Gasteiger partial charge >= 0.3 is 0 Å². The summed E-state index contributed by atoms with van der Waals surface area (Å²) in [6, 6.07) is 1.43. The smallest absolute Gasteiger partial charge is 0.271 e. The third-order valence-corrected chi connectivity index (χ3v) is 1.79. The minimum atomic E-state index is -0.473. The molecular formula is C7H7N3OS. The molecule has 0 aliphatic heterocycles. The number of rotatable bonds is 2. The molecule has 1 N–H and O–H groups in total. The van der Waals surface area contributed by atoms with Gasteiger partial charge in [0, 0.05) is 5.38 Å². The third-order valence-electron chi connectivity index (χ3n) is 1.21. The van der Waals surface area contributed by atoms with Crippen molar-refractivity contribution in [3.8, 4) is 6.07 Å². The van der Waals surface area contributed by atoms with Crippen molar-refractivity contribution in [2.45, 2.75) is 13.0 Å². The van der Waals surface area contributed by atoms with E-state index in [-0.39, 0.29) is 5.91 Å². The highest BCUT2D eigenvalue weighted by Crippen LogP contribution is 2.00. The van der Waals surface area contributed by atoms with Gasteiger partial charge in [-0.3, -0.25) is 4.79 Å². The van der Waals surface area contributed by atoms with E-state index in [2.05, 4.69) is 10.3 Å². The molecule has 0 saturated heterocycles. The number of amides is 1. The van der Waals surface area contributed by atoms with E-state index in [1.54, 1.807) is 17.8 Å². The second kappa shape index (κ2) is 3.83. The van der Waals surface area contributed by atoms with Gasteiger partial charge in [0.05, 0.1) is 11.6 Å². The number of hydrogen-bond acceptors (Lipinski definition) is 4. The van der Waals surface area contributed by atoms with E-state index in [1.165, 1.54) is 11.3 Å². The lowest BCUT2D eigenvalue weighted by Crippen LogP contribution is -2.31. The Morgan fingerprint density at radius 2 is 2.67 bits per heavy atom. The summed E-state index contributed by atoms with van der Waals surface area (Å²) in [5, 5.41) is 12.5. The Hall–Kier alpha value is -1.41. The molecule has 5 heteroatoms. The fraction of sp³-hybridized carbons (Fsp3) is 0.286. The van der Waals surface area contributed by atoms with Crippen LogP contribution in [-0.4, -0.2) is 16.9 Å². The van der Waals surface area contributed by atoms with Gasteiger partial charge in [0.1, 0.15) is 11.7 Å². The summed E-state index contributed by atoms with van der Waals surface area (Å²) in [5.41, 5.74) is 1.94. The van der Waals surface area contributed by atoms with Gasteiger partial charge in [-0.1, -0.05) is 0 Å². The van der Waals surface area contributed by atoms with Crippen molar-refractivity contribution >= 4 is 17.2 Å². The third kappa shape index (κ3) is 2.04. The number of nitrogens with one attached hydrogen (secondary N) is 1. The van der Waals surface area contributed by atoms with Crippen LogP contribution in [0.1, 0.15) is 17.4 Å². The first-order valence-corrected chi connectivity index (χ1v) is 4.27. The van der Waals surface area contributed by atoms with Crippen LogP contribution in [0, 0.1) is 11.3 Å². The summed E-state index contributed by atoms with van der Waals surface area (Å²) in [5.74, 6) is -0.301. The van der Waals surface area contributed by atoms with E-state index in [4.69, 9.17) is 5.26 Å². The quantitative estimate of drug-likeness (QED) is 0.733. The molecule has 0 spiro atoms. The van der Waals surface area contributed by atoms with Gasteiger partial charge in [-0.05, 0) is 6.92 Å². The van der Waals surface area contributed by atoms with Crippen molar-refractivity contribution in [1.29, 1.82) is 5.26 Å². The average molecular weight is 181 g/mol.